The largest absolute Gasteiger partial charge is 0.294 e. The number of benzene rings is 2. The van der Waals surface area contributed by atoms with Gasteiger partial charge in [0.05, 0.1) is 0 Å². The van der Waals surface area contributed by atoms with Crippen molar-refractivity contribution in [3.8, 4) is 0 Å². The Hall–Kier alpha value is -1.96. The highest BCUT2D eigenvalue weighted by molar-refractivity contribution is 5.96. The van der Waals surface area contributed by atoms with Crippen molar-refractivity contribution in [3.63, 3.8) is 0 Å². The normalized spacial score (nSPS) is 10.3. The van der Waals surface area contributed by atoms with Crippen molar-refractivity contribution in [1.29, 1.82) is 0 Å². The standard InChI is InChI=1S/C16H13FO/c1-12-2-4-13(5-3-12)6-11-16(18)14-7-9-15(17)10-8-14/h2-10H,1,11H2. The molecule has 0 saturated carbocycles. The summed E-state index contributed by atoms with van der Waals surface area (Å²) in [4.78, 5) is 11.8. The lowest BCUT2D eigenvalue weighted by atomic mass is 10.0. The van der Waals surface area contributed by atoms with Gasteiger partial charge in [0.2, 0.25) is 0 Å². The van der Waals surface area contributed by atoms with E-state index in [1.807, 2.05) is 30.7 Å². The van der Waals surface area contributed by atoms with Crippen molar-refractivity contribution in [1.82, 2.24) is 0 Å². The first kappa shape index (κ1) is 12.5. The average molecular weight is 240 g/mol. The van der Waals surface area contributed by atoms with Gasteiger partial charge in [0.1, 0.15) is 5.82 Å². The Morgan fingerprint density at radius 1 is 1.06 bits per heavy atom. The molecule has 0 unspecified atom stereocenters. The van der Waals surface area contributed by atoms with Gasteiger partial charge in [0.15, 0.2) is 5.78 Å². The zero-order valence-electron chi connectivity index (χ0n) is 9.90. The molecule has 2 rings (SSSR count). The number of carbonyl (C=O) groups excluding carboxylic acids is 1. The molecule has 0 atom stereocenters. The first-order valence-electron chi connectivity index (χ1n) is 5.69. The van der Waals surface area contributed by atoms with E-state index >= 15 is 0 Å². The van der Waals surface area contributed by atoms with Crippen molar-refractivity contribution < 1.29 is 9.18 Å². The first-order valence-corrected chi connectivity index (χ1v) is 5.69. The minimum absolute atomic E-state index is 0.0197. The summed E-state index contributed by atoms with van der Waals surface area (Å²) in [5, 5.41) is 0. The third kappa shape index (κ3) is 3.27. The fourth-order valence-electron chi connectivity index (χ4n) is 1.62. The van der Waals surface area contributed by atoms with Gasteiger partial charge in [0.25, 0.3) is 0 Å². The maximum absolute atomic E-state index is 12.7. The van der Waals surface area contributed by atoms with Gasteiger partial charge in [-0.25, -0.2) is 4.39 Å². The molecule has 0 N–H and O–H groups in total. The lowest BCUT2D eigenvalue weighted by molar-refractivity contribution is 0.0992. The summed E-state index contributed by atoms with van der Waals surface area (Å²) in [5.74, 6) is -0.352. The van der Waals surface area contributed by atoms with E-state index in [1.54, 1.807) is 0 Å². The van der Waals surface area contributed by atoms with Crippen LogP contribution in [-0.4, -0.2) is 5.78 Å². The first-order chi connectivity index (χ1) is 8.65. The summed E-state index contributed by atoms with van der Waals surface area (Å²) in [6.07, 6.45) is 2.16. The Morgan fingerprint density at radius 3 is 2.28 bits per heavy atom. The van der Waals surface area contributed by atoms with Crippen LogP contribution in [0.1, 0.15) is 27.9 Å². The second-order valence-electron chi connectivity index (χ2n) is 4.08. The third-order valence-corrected chi connectivity index (χ3v) is 2.67. The second-order valence-corrected chi connectivity index (χ2v) is 4.08. The molecule has 0 amide bonds. The molecule has 0 fully saturated rings. The zero-order valence-corrected chi connectivity index (χ0v) is 9.90. The average Bonchev–Trinajstić information content (AvgIpc) is 2.38. The zero-order chi connectivity index (χ0) is 13.0. The monoisotopic (exact) mass is 240 g/mol. The van der Waals surface area contributed by atoms with E-state index < -0.39 is 0 Å². The molecule has 0 aliphatic rings. The van der Waals surface area contributed by atoms with Gasteiger partial charge < -0.3 is 0 Å². The van der Waals surface area contributed by atoms with Gasteiger partial charge in [-0.05, 0) is 48.7 Å². The summed E-state index contributed by atoms with van der Waals surface area (Å²) >= 11 is 0. The number of ketones is 1. The topological polar surface area (TPSA) is 17.1 Å². The molecule has 0 saturated heterocycles. The smallest absolute Gasteiger partial charge is 0.163 e. The summed E-state index contributed by atoms with van der Waals surface area (Å²) in [5.41, 5.74) is 2.45. The molecular weight excluding hydrogens is 227 g/mol. The molecular formula is C16H13FO. The van der Waals surface area contributed by atoms with E-state index in [2.05, 4.69) is 6.92 Å². The molecule has 2 radical (unpaired) electrons. The number of hydrogen-bond donors (Lipinski definition) is 0. The summed E-state index contributed by atoms with van der Waals surface area (Å²) in [6, 6.07) is 13.2. The maximum Gasteiger partial charge on any atom is 0.163 e. The molecule has 0 spiro atoms. The van der Waals surface area contributed by atoms with E-state index in [1.165, 1.54) is 24.3 Å². The lowest BCUT2D eigenvalue weighted by Crippen LogP contribution is -1.99. The second kappa shape index (κ2) is 5.58. The summed E-state index contributed by atoms with van der Waals surface area (Å²) < 4.78 is 12.7. The van der Waals surface area contributed by atoms with Gasteiger partial charge in [-0.1, -0.05) is 24.3 Å². The van der Waals surface area contributed by atoms with E-state index in [-0.39, 0.29) is 11.6 Å². The van der Waals surface area contributed by atoms with Crippen LogP contribution in [0, 0.1) is 19.2 Å². The summed E-state index contributed by atoms with van der Waals surface area (Å²) in [7, 11) is 0. The molecule has 0 aliphatic heterocycles. The lowest BCUT2D eigenvalue weighted by Gasteiger charge is -2.02. The fraction of sp³-hybridized carbons (Fsp3) is 0.0625. The Balaban J connectivity index is 1.96. The number of rotatable bonds is 4. The number of hydrogen-bond acceptors (Lipinski definition) is 1. The number of Topliss-reactive ketones (excluding diaryl/α,β-unsaturated/α-hetero) is 1. The summed E-state index contributed by atoms with van der Waals surface area (Å²) in [6.45, 7) is 3.80. The van der Waals surface area contributed by atoms with Crippen molar-refractivity contribution in [2.45, 2.75) is 6.42 Å². The molecule has 1 nitrogen and oxygen atoms in total. The highest BCUT2D eigenvalue weighted by Gasteiger charge is 2.06. The van der Waals surface area contributed by atoms with Crippen LogP contribution in [-0.2, 0) is 0 Å². The SMILES string of the molecule is [CH2]c1ccc([CH]CC(=O)c2ccc(F)cc2)cc1. The van der Waals surface area contributed by atoms with Crippen LogP contribution in [0.5, 0.6) is 0 Å². The minimum atomic E-state index is -0.332. The molecule has 2 aromatic carbocycles. The van der Waals surface area contributed by atoms with Crippen LogP contribution < -0.4 is 0 Å². The van der Waals surface area contributed by atoms with Crippen LogP contribution in [0.25, 0.3) is 0 Å². The van der Waals surface area contributed by atoms with Crippen molar-refractivity contribution in [2.24, 2.45) is 0 Å². The van der Waals surface area contributed by atoms with E-state index in [0.717, 1.165) is 11.1 Å². The third-order valence-electron chi connectivity index (χ3n) is 2.67. The molecule has 0 heterocycles. The number of halogens is 1. The van der Waals surface area contributed by atoms with E-state index in [0.29, 0.717) is 12.0 Å². The quantitative estimate of drug-likeness (QED) is 0.742. The maximum atomic E-state index is 12.7. The van der Waals surface area contributed by atoms with Crippen LogP contribution in [0.3, 0.4) is 0 Å². The van der Waals surface area contributed by atoms with Gasteiger partial charge in [-0.3, -0.25) is 4.79 Å². The fourth-order valence-corrected chi connectivity index (χ4v) is 1.62. The van der Waals surface area contributed by atoms with E-state index in [4.69, 9.17) is 0 Å². The highest BCUT2D eigenvalue weighted by Crippen LogP contribution is 2.12. The highest BCUT2D eigenvalue weighted by atomic mass is 19.1. The minimum Gasteiger partial charge on any atom is -0.294 e. The predicted octanol–water partition coefficient (Wildman–Crippen LogP) is 3.83. The molecule has 0 bridgehead atoms. The van der Waals surface area contributed by atoms with Crippen molar-refractivity contribution in [3.05, 3.63) is 84.4 Å². The molecule has 2 aromatic rings. The Labute approximate surface area is 106 Å². The van der Waals surface area contributed by atoms with Crippen molar-refractivity contribution >= 4 is 5.78 Å². The molecule has 90 valence electrons. The van der Waals surface area contributed by atoms with Gasteiger partial charge in [-0.2, -0.15) is 0 Å². The van der Waals surface area contributed by atoms with Crippen LogP contribution in [0.15, 0.2) is 48.5 Å². The van der Waals surface area contributed by atoms with Gasteiger partial charge in [-0.15, -0.1) is 0 Å². The van der Waals surface area contributed by atoms with Crippen LogP contribution >= 0.6 is 0 Å². The molecule has 0 aromatic heterocycles. The predicted molar refractivity (Wildman–Crippen MR) is 69.7 cm³/mol. The Bertz CT molecular complexity index is 526. The van der Waals surface area contributed by atoms with E-state index in [9.17, 15) is 9.18 Å². The molecule has 2 heteroatoms. The van der Waals surface area contributed by atoms with Crippen molar-refractivity contribution in [2.75, 3.05) is 0 Å². The number of carbonyl (C=O) groups is 1. The Morgan fingerprint density at radius 2 is 1.67 bits per heavy atom. The molecule has 0 aliphatic carbocycles. The van der Waals surface area contributed by atoms with Gasteiger partial charge in [0, 0.05) is 12.0 Å². The molecule has 18 heavy (non-hydrogen) atoms. The Kier molecular flexibility index (Phi) is 3.88. The van der Waals surface area contributed by atoms with Crippen LogP contribution in [0.2, 0.25) is 0 Å². The van der Waals surface area contributed by atoms with Gasteiger partial charge >= 0.3 is 0 Å². The van der Waals surface area contributed by atoms with Crippen LogP contribution in [0.4, 0.5) is 4.39 Å².